The van der Waals surface area contributed by atoms with Crippen molar-refractivity contribution in [1.82, 2.24) is 15.2 Å². The summed E-state index contributed by atoms with van der Waals surface area (Å²) in [5.74, 6) is 0.174. The Kier molecular flexibility index (Phi) is 5.19. The molecular formula is C18H18ClN3O3. The van der Waals surface area contributed by atoms with E-state index < -0.39 is 6.10 Å². The minimum absolute atomic E-state index is 0.0720. The van der Waals surface area contributed by atoms with Gasteiger partial charge in [0.05, 0.1) is 6.54 Å². The van der Waals surface area contributed by atoms with Crippen LogP contribution in [0.15, 0.2) is 42.7 Å². The molecule has 6 nitrogen and oxygen atoms in total. The smallest absolute Gasteiger partial charge is 0.261 e. The minimum atomic E-state index is -0.633. The first-order valence-electron chi connectivity index (χ1n) is 7.88. The number of rotatable bonds is 5. The molecule has 1 aliphatic heterocycles. The first-order valence-corrected chi connectivity index (χ1v) is 8.26. The molecule has 25 heavy (non-hydrogen) atoms. The van der Waals surface area contributed by atoms with Crippen molar-refractivity contribution in [2.75, 3.05) is 13.6 Å². The molecule has 0 spiro atoms. The highest BCUT2D eigenvalue weighted by Gasteiger charge is 2.29. The molecule has 0 aliphatic carbocycles. The predicted molar refractivity (Wildman–Crippen MR) is 93.3 cm³/mol. The molecule has 2 heterocycles. The molecule has 0 saturated heterocycles. The van der Waals surface area contributed by atoms with E-state index >= 15 is 0 Å². The van der Waals surface area contributed by atoms with Gasteiger partial charge in [-0.05, 0) is 41.5 Å². The number of aromatic nitrogens is 1. The Labute approximate surface area is 150 Å². The molecule has 2 amide bonds. The molecule has 0 saturated carbocycles. The highest BCUT2D eigenvalue weighted by molar-refractivity contribution is 6.30. The van der Waals surface area contributed by atoms with Crippen molar-refractivity contribution in [2.24, 2.45) is 0 Å². The van der Waals surface area contributed by atoms with Crippen LogP contribution in [0.2, 0.25) is 5.02 Å². The van der Waals surface area contributed by atoms with Crippen LogP contribution in [0.3, 0.4) is 0 Å². The van der Waals surface area contributed by atoms with Gasteiger partial charge in [0.2, 0.25) is 5.91 Å². The lowest BCUT2D eigenvalue weighted by Gasteiger charge is -2.18. The van der Waals surface area contributed by atoms with Crippen LogP contribution in [-0.4, -0.2) is 41.4 Å². The van der Waals surface area contributed by atoms with Gasteiger partial charge in [-0.2, -0.15) is 0 Å². The summed E-state index contributed by atoms with van der Waals surface area (Å²) in [5.41, 5.74) is 1.87. The van der Waals surface area contributed by atoms with E-state index in [1.165, 1.54) is 0 Å². The van der Waals surface area contributed by atoms with Crippen molar-refractivity contribution >= 4 is 23.4 Å². The largest absolute Gasteiger partial charge is 0.480 e. The number of nitrogens with zero attached hydrogens (tertiary/aromatic N) is 2. The zero-order valence-corrected chi connectivity index (χ0v) is 14.5. The molecule has 0 bridgehead atoms. The van der Waals surface area contributed by atoms with Gasteiger partial charge in [-0.3, -0.25) is 14.6 Å². The minimum Gasteiger partial charge on any atom is -0.480 e. The van der Waals surface area contributed by atoms with Crippen LogP contribution in [0, 0.1) is 0 Å². The quantitative estimate of drug-likeness (QED) is 0.883. The van der Waals surface area contributed by atoms with Crippen molar-refractivity contribution in [3.8, 4) is 5.75 Å². The third kappa shape index (κ3) is 4.28. The van der Waals surface area contributed by atoms with Gasteiger partial charge in [-0.1, -0.05) is 11.6 Å². The standard InChI is InChI=1S/C18H18ClN3O3/c1-22(11-12-4-6-20-7-5-12)17(23)10-21-18(24)16-9-13-8-14(19)2-3-15(13)25-16/h2-8,16H,9-11H2,1H3,(H,21,24)/t16-/m1/s1. The van der Waals surface area contributed by atoms with Gasteiger partial charge in [-0.15, -0.1) is 0 Å². The summed E-state index contributed by atoms with van der Waals surface area (Å²) in [6.07, 6.45) is 3.17. The molecule has 3 rings (SSSR count). The van der Waals surface area contributed by atoms with Crippen LogP contribution in [0.4, 0.5) is 0 Å². The van der Waals surface area contributed by atoms with Gasteiger partial charge < -0.3 is 15.0 Å². The molecule has 0 unspecified atom stereocenters. The molecule has 1 aromatic carbocycles. The lowest BCUT2D eigenvalue weighted by Crippen LogP contribution is -2.43. The van der Waals surface area contributed by atoms with Gasteiger partial charge in [0.1, 0.15) is 5.75 Å². The number of ether oxygens (including phenoxy) is 1. The number of halogens is 1. The summed E-state index contributed by atoms with van der Waals surface area (Å²) >= 11 is 5.94. The molecule has 1 N–H and O–H groups in total. The zero-order chi connectivity index (χ0) is 17.8. The number of hydrogen-bond acceptors (Lipinski definition) is 4. The summed E-state index contributed by atoms with van der Waals surface area (Å²) in [7, 11) is 1.69. The summed E-state index contributed by atoms with van der Waals surface area (Å²) in [5, 5.41) is 3.25. The number of benzene rings is 1. The number of carbonyl (C=O) groups is 2. The van der Waals surface area contributed by atoms with Gasteiger partial charge in [-0.25, -0.2) is 0 Å². The Hall–Kier alpha value is -2.60. The lowest BCUT2D eigenvalue weighted by molar-refractivity contribution is -0.134. The van der Waals surface area contributed by atoms with E-state index in [4.69, 9.17) is 16.3 Å². The van der Waals surface area contributed by atoms with Crippen molar-refractivity contribution in [3.05, 3.63) is 58.9 Å². The molecule has 1 aliphatic rings. The van der Waals surface area contributed by atoms with Crippen LogP contribution in [-0.2, 0) is 22.6 Å². The molecule has 2 aromatic rings. The molecular weight excluding hydrogens is 342 g/mol. The second kappa shape index (κ2) is 7.53. The summed E-state index contributed by atoms with van der Waals surface area (Å²) in [4.78, 5) is 29.9. The monoisotopic (exact) mass is 359 g/mol. The van der Waals surface area contributed by atoms with Crippen molar-refractivity contribution in [3.63, 3.8) is 0 Å². The van der Waals surface area contributed by atoms with Gasteiger partial charge in [0.25, 0.3) is 5.91 Å². The summed E-state index contributed by atoms with van der Waals surface area (Å²) < 4.78 is 5.61. The van der Waals surface area contributed by atoms with Crippen LogP contribution in [0.1, 0.15) is 11.1 Å². The van der Waals surface area contributed by atoms with Crippen molar-refractivity contribution < 1.29 is 14.3 Å². The van der Waals surface area contributed by atoms with E-state index in [9.17, 15) is 9.59 Å². The lowest BCUT2D eigenvalue weighted by atomic mass is 10.1. The second-order valence-corrected chi connectivity index (χ2v) is 6.32. The number of pyridine rings is 1. The highest BCUT2D eigenvalue weighted by atomic mass is 35.5. The topological polar surface area (TPSA) is 71.5 Å². The molecule has 0 fully saturated rings. The SMILES string of the molecule is CN(Cc1ccncc1)C(=O)CNC(=O)[C@H]1Cc2cc(Cl)ccc2O1. The average molecular weight is 360 g/mol. The third-order valence-electron chi connectivity index (χ3n) is 4.00. The highest BCUT2D eigenvalue weighted by Crippen LogP contribution is 2.31. The Balaban J connectivity index is 1.48. The van der Waals surface area contributed by atoms with Crippen molar-refractivity contribution in [2.45, 2.75) is 19.1 Å². The number of hydrogen-bond donors (Lipinski definition) is 1. The Morgan fingerprint density at radius 2 is 2.08 bits per heavy atom. The Morgan fingerprint density at radius 3 is 2.84 bits per heavy atom. The van der Waals surface area contributed by atoms with Crippen LogP contribution >= 0.6 is 11.6 Å². The number of likely N-dealkylation sites (N-methyl/N-ethyl adjacent to an activating group) is 1. The summed E-state index contributed by atoms with van der Waals surface area (Å²) in [6.45, 7) is 0.387. The van der Waals surface area contributed by atoms with E-state index in [0.717, 1.165) is 11.1 Å². The van der Waals surface area contributed by atoms with Crippen LogP contribution in [0.25, 0.3) is 0 Å². The second-order valence-electron chi connectivity index (χ2n) is 5.89. The first-order chi connectivity index (χ1) is 12.0. The number of fused-ring (bicyclic) bond motifs is 1. The first kappa shape index (κ1) is 17.2. The number of amides is 2. The Bertz CT molecular complexity index is 782. The van der Waals surface area contributed by atoms with E-state index in [1.54, 1.807) is 42.5 Å². The van der Waals surface area contributed by atoms with Gasteiger partial charge in [0, 0.05) is 37.4 Å². The maximum atomic E-state index is 12.2. The Morgan fingerprint density at radius 1 is 1.32 bits per heavy atom. The predicted octanol–water partition coefficient (Wildman–Crippen LogP) is 1.81. The molecule has 130 valence electrons. The number of nitrogens with one attached hydrogen (secondary N) is 1. The van der Waals surface area contributed by atoms with Crippen LogP contribution in [0.5, 0.6) is 5.75 Å². The van der Waals surface area contributed by atoms with E-state index in [1.807, 2.05) is 12.1 Å². The zero-order valence-electron chi connectivity index (χ0n) is 13.7. The van der Waals surface area contributed by atoms with E-state index in [2.05, 4.69) is 10.3 Å². The maximum Gasteiger partial charge on any atom is 0.261 e. The number of carbonyl (C=O) groups excluding carboxylic acids is 2. The van der Waals surface area contributed by atoms with Gasteiger partial charge in [0.15, 0.2) is 6.10 Å². The third-order valence-corrected chi connectivity index (χ3v) is 4.23. The fourth-order valence-corrected chi connectivity index (χ4v) is 2.82. The van der Waals surface area contributed by atoms with Crippen LogP contribution < -0.4 is 10.1 Å². The molecule has 0 radical (unpaired) electrons. The fourth-order valence-electron chi connectivity index (χ4n) is 2.63. The van der Waals surface area contributed by atoms with E-state index in [-0.39, 0.29) is 18.4 Å². The van der Waals surface area contributed by atoms with Gasteiger partial charge >= 0.3 is 0 Å². The maximum absolute atomic E-state index is 12.2. The normalized spacial score (nSPS) is 15.2. The summed E-state index contributed by atoms with van der Waals surface area (Å²) in [6, 6.07) is 8.95. The molecule has 1 aromatic heterocycles. The molecule has 7 heteroatoms. The fraction of sp³-hybridized carbons (Fsp3) is 0.278. The molecule has 1 atom stereocenters. The average Bonchev–Trinajstić information content (AvgIpc) is 3.03. The van der Waals surface area contributed by atoms with E-state index in [0.29, 0.717) is 23.7 Å². The van der Waals surface area contributed by atoms with Crippen molar-refractivity contribution in [1.29, 1.82) is 0 Å².